The highest BCUT2D eigenvalue weighted by atomic mass is 16.4. The van der Waals surface area contributed by atoms with E-state index in [1.54, 1.807) is 0 Å². The maximum absolute atomic E-state index is 10.9. The first-order valence-electron chi connectivity index (χ1n) is 5.82. The van der Waals surface area contributed by atoms with Crippen LogP contribution in [0.2, 0.25) is 0 Å². The molecule has 17 heavy (non-hydrogen) atoms. The van der Waals surface area contributed by atoms with Crippen LogP contribution in [0.15, 0.2) is 18.2 Å². The molecule has 2 N–H and O–H groups in total. The molecule has 3 nitrogen and oxygen atoms in total. The first-order valence-corrected chi connectivity index (χ1v) is 5.82. The third-order valence-corrected chi connectivity index (χ3v) is 3.14. The molecule has 0 aliphatic carbocycles. The van der Waals surface area contributed by atoms with Crippen molar-refractivity contribution < 1.29 is 9.90 Å². The fourth-order valence-corrected chi connectivity index (χ4v) is 2.14. The van der Waals surface area contributed by atoms with E-state index in [4.69, 9.17) is 5.11 Å². The molecule has 0 radical (unpaired) electrons. The molecule has 0 aliphatic heterocycles. The number of carboxylic acid groups (broad SMARTS) is 1. The Kier molecular flexibility index (Phi) is 2.92. The molecule has 2 aromatic rings. The summed E-state index contributed by atoms with van der Waals surface area (Å²) in [5, 5.41) is 9.97. The SMILES string of the molecule is Cc1[nH]c2ccc(C(C)C)cc2c1CC(=O)O. The van der Waals surface area contributed by atoms with Crippen LogP contribution in [-0.4, -0.2) is 16.1 Å². The number of H-pyrrole nitrogens is 1. The van der Waals surface area contributed by atoms with Gasteiger partial charge in [0.25, 0.3) is 0 Å². The van der Waals surface area contributed by atoms with Crippen LogP contribution < -0.4 is 0 Å². The standard InChI is InChI=1S/C14H17NO2/c1-8(2)10-4-5-13-12(6-10)11(7-14(16)17)9(3)15-13/h4-6,8,15H,7H2,1-3H3,(H,16,17). The van der Waals surface area contributed by atoms with E-state index in [9.17, 15) is 4.79 Å². The average Bonchev–Trinajstić information content (AvgIpc) is 2.54. The fourth-order valence-electron chi connectivity index (χ4n) is 2.14. The second kappa shape index (κ2) is 4.24. The molecule has 1 heterocycles. The Labute approximate surface area is 100 Å². The largest absolute Gasteiger partial charge is 0.481 e. The van der Waals surface area contributed by atoms with Gasteiger partial charge in [0.15, 0.2) is 0 Å². The summed E-state index contributed by atoms with van der Waals surface area (Å²) in [6.45, 7) is 6.20. The molecule has 0 spiro atoms. The maximum atomic E-state index is 10.9. The predicted octanol–water partition coefficient (Wildman–Crippen LogP) is 3.23. The summed E-state index contributed by atoms with van der Waals surface area (Å²) in [6.07, 6.45) is 0.0768. The predicted molar refractivity (Wildman–Crippen MR) is 68.5 cm³/mol. The number of rotatable bonds is 3. The minimum atomic E-state index is -0.788. The normalized spacial score (nSPS) is 11.3. The van der Waals surface area contributed by atoms with Gasteiger partial charge >= 0.3 is 5.97 Å². The summed E-state index contributed by atoms with van der Waals surface area (Å²) in [5.74, 6) is -0.337. The van der Waals surface area contributed by atoms with Crippen LogP contribution in [0, 0.1) is 6.92 Å². The van der Waals surface area contributed by atoms with Gasteiger partial charge in [0.2, 0.25) is 0 Å². The van der Waals surface area contributed by atoms with Crippen molar-refractivity contribution in [3.63, 3.8) is 0 Å². The lowest BCUT2D eigenvalue weighted by Crippen LogP contribution is -2.00. The van der Waals surface area contributed by atoms with Gasteiger partial charge in [0, 0.05) is 16.6 Å². The van der Waals surface area contributed by atoms with E-state index in [0.717, 1.165) is 22.2 Å². The van der Waals surface area contributed by atoms with Gasteiger partial charge < -0.3 is 10.1 Å². The van der Waals surface area contributed by atoms with Crippen molar-refractivity contribution in [2.24, 2.45) is 0 Å². The van der Waals surface area contributed by atoms with E-state index in [0.29, 0.717) is 5.92 Å². The van der Waals surface area contributed by atoms with Gasteiger partial charge in [-0.2, -0.15) is 0 Å². The number of carboxylic acids is 1. The number of hydrogen-bond acceptors (Lipinski definition) is 1. The zero-order valence-corrected chi connectivity index (χ0v) is 10.4. The molecule has 0 unspecified atom stereocenters. The van der Waals surface area contributed by atoms with E-state index in [1.807, 2.05) is 13.0 Å². The average molecular weight is 231 g/mol. The highest BCUT2D eigenvalue weighted by Gasteiger charge is 2.12. The highest BCUT2D eigenvalue weighted by Crippen LogP contribution is 2.26. The van der Waals surface area contributed by atoms with Crippen LogP contribution in [-0.2, 0) is 11.2 Å². The van der Waals surface area contributed by atoms with Gasteiger partial charge in [-0.05, 0) is 36.1 Å². The topological polar surface area (TPSA) is 53.1 Å². The Morgan fingerprint density at radius 3 is 2.71 bits per heavy atom. The lowest BCUT2D eigenvalue weighted by molar-refractivity contribution is -0.136. The second-order valence-corrected chi connectivity index (χ2v) is 4.76. The zero-order chi connectivity index (χ0) is 12.6. The lowest BCUT2D eigenvalue weighted by atomic mass is 9.99. The fraction of sp³-hybridized carbons (Fsp3) is 0.357. The monoisotopic (exact) mass is 231 g/mol. The number of hydrogen-bond donors (Lipinski definition) is 2. The van der Waals surface area contributed by atoms with E-state index >= 15 is 0 Å². The molecule has 0 atom stereocenters. The molecule has 0 saturated carbocycles. The van der Waals surface area contributed by atoms with Crippen LogP contribution in [0.4, 0.5) is 0 Å². The molecule has 90 valence electrons. The maximum Gasteiger partial charge on any atom is 0.307 e. The minimum Gasteiger partial charge on any atom is -0.481 e. The Morgan fingerprint density at radius 2 is 2.12 bits per heavy atom. The Balaban J connectivity index is 2.60. The van der Waals surface area contributed by atoms with Crippen LogP contribution in [0.5, 0.6) is 0 Å². The molecule has 0 aliphatic rings. The smallest absolute Gasteiger partial charge is 0.307 e. The molecule has 0 fully saturated rings. The van der Waals surface area contributed by atoms with Crippen molar-refractivity contribution in [1.82, 2.24) is 4.98 Å². The lowest BCUT2D eigenvalue weighted by Gasteiger charge is -2.05. The van der Waals surface area contributed by atoms with Gasteiger partial charge in [-0.25, -0.2) is 0 Å². The summed E-state index contributed by atoms with van der Waals surface area (Å²) in [5.41, 5.74) is 4.10. The van der Waals surface area contributed by atoms with Crippen LogP contribution in [0.3, 0.4) is 0 Å². The molecular weight excluding hydrogens is 214 g/mol. The van der Waals surface area contributed by atoms with Crippen molar-refractivity contribution >= 4 is 16.9 Å². The summed E-state index contributed by atoms with van der Waals surface area (Å²) in [4.78, 5) is 14.1. The van der Waals surface area contributed by atoms with E-state index in [-0.39, 0.29) is 6.42 Å². The molecule has 2 rings (SSSR count). The molecule has 0 amide bonds. The molecule has 1 aromatic carbocycles. The Hall–Kier alpha value is -1.77. The van der Waals surface area contributed by atoms with E-state index < -0.39 is 5.97 Å². The molecule has 3 heteroatoms. The van der Waals surface area contributed by atoms with Crippen LogP contribution >= 0.6 is 0 Å². The summed E-state index contributed by atoms with van der Waals surface area (Å²) in [7, 11) is 0. The van der Waals surface area contributed by atoms with Crippen molar-refractivity contribution in [3.05, 3.63) is 35.0 Å². The summed E-state index contributed by atoms with van der Waals surface area (Å²) in [6, 6.07) is 6.22. The molecule has 0 bridgehead atoms. The van der Waals surface area contributed by atoms with Crippen molar-refractivity contribution in [3.8, 4) is 0 Å². The number of aromatic nitrogens is 1. The van der Waals surface area contributed by atoms with E-state index in [2.05, 4.69) is 31.0 Å². The zero-order valence-electron chi connectivity index (χ0n) is 10.4. The third kappa shape index (κ3) is 2.18. The third-order valence-electron chi connectivity index (χ3n) is 3.14. The van der Waals surface area contributed by atoms with Gasteiger partial charge in [-0.3, -0.25) is 4.79 Å². The number of benzene rings is 1. The highest BCUT2D eigenvalue weighted by molar-refractivity contribution is 5.88. The number of nitrogens with one attached hydrogen (secondary N) is 1. The number of aryl methyl sites for hydroxylation is 1. The number of aliphatic carboxylic acids is 1. The molecule has 1 aromatic heterocycles. The van der Waals surface area contributed by atoms with Gasteiger partial charge in [0.05, 0.1) is 6.42 Å². The quantitative estimate of drug-likeness (QED) is 0.852. The van der Waals surface area contributed by atoms with Gasteiger partial charge in [-0.1, -0.05) is 19.9 Å². The minimum absolute atomic E-state index is 0.0768. The van der Waals surface area contributed by atoms with Crippen LogP contribution in [0.25, 0.3) is 10.9 Å². The van der Waals surface area contributed by atoms with Gasteiger partial charge in [-0.15, -0.1) is 0 Å². The van der Waals surface area contributed by atoms with Crippen LogP contribution in [0.1, 0.15) is 36.6 Å². The van der Waals surface area contributed by atoms with E-state index in [1.165, 1.54) is 5.56 Å². The molecule has 0 saturated heterocycles. The molecular formula is C14H17NO2. The van der Waals surface area contributed by atoms with Crippen molar-refractivity contribution in [2.75, 3.05) is 0 Å². The Bertz CT molecular complexity index is 567. The number of carbonyl (C=O) groups is 1. The van der Waals surface area contributed by atoms with Gasteiger partial charge in [0.1, 0.15) is 0 Å². The Morgan fingerprint density at radius 1 is 1.41 bits per heavy atom. The number of fused-ring (bicyclic) bond motifs is 1. The second-order valence-electron chi connectivity index (χ2n) is 4.76. The first-order chi connectivity index (χ1) is 7.99. The van der Waals surface area contributed by atoms with Crippen molar-refractivity contribution in [2.45, 2.75) is 33.1 Å². The number of aromatic amines is 1. The summed E-state index contributed by atoms with van der Waals surface area (Å²) >= 11 is 0. The first kappa shape index (κ1) is 11.7. The van der Waals surface area contributed by atoms with Crippen molar-refractivity contribution in [1.29, 1.82) is 0 Å². The summed E-state index contributed by atoms with van der Waals surface area (Å²) < 4.78 is 0.